The highest BCUT2D eigenvalue weighted by Gasteiger charge is 2.27. The normalized spacial score (nSPS) is 14.6. The van der Waals surface area contributed by atoms with E-state index in [0.29, 0.717) is 13.1 Å². The Bertz CT molecular complexity index is 1030. The second-order valence-corrected chi connectivity index (χ2v) is 8.27. The van der Waals surface area contributed by atoms with Crippen molar-refractivity contribution in [2.24, 2.45) is 5.73 Å². The molecule has 1 aliphatic heterocycles. The van der Waals surface area contributed by atoms with Crippen LogP contribution in [0.5, 0.6) is 0 Å². The van der Waals surface area contributed by atoms with Gasteiger partial charge in [0.05, 0.1) is 12.1 Å². The summed E-state index contributed by atoms with van der Waals surface area (Å²) in [5, 5.41) is 9.53. The molecule has 2 N–H and O–H groups in total. The van der Waals surface area contributed by atoms with Gasteiger partial charge in [-0.05, 0) is 23.6 Å². The second-order valence-electron chi connectivity index (χ2n) is 8.27. The zero-order chi connectivity index (χ0) is 24.3. The minimum Gasteiger partial charge on any atom is -0.340 e. The van der Waals surface area contributed by atoms with E-state index < -0.39 is 0 Å². The number of nitrogens with two attached hydrogens (primary N) is 1. The minimum atomic E-state index is -0.271. The average molecular weight is 456 g/mol. The van der Waals surface area contributed by atoms with Crippen LogP contribution in [0.1, 0.15) is 48.3 Å². The SMILES string of the molecule is CCc1ncccc1C(C#N)N1CCN(C(C)=O)CC1.NC(c1ccccc1)c1ccccc1. The van der Waals surface area contributed by atoms with Crippen LogP contribution in [0, 0.1) is 11.3 Å². The topological polar surface area (TPSA) is 86.2 Å². The Kier molecular flexibility index (Phi) is 9.33. The standard InChI is InChI=1S/C15H20N4O.C13H13N/c1-3-14-13(5-4-6-17-14)15(11-16)19-9-7-18(8-10-19)12(2)20;14-13(11-7-3-1-4-8-11)12-9-5-2-6-10-12/h4-6,15H,3,7-10H2,1-2H3;1-10,13H,14H2. The molecule has 1 aliphatic rings. The maximum Gasteiger partial charge on any atom is 0.219 e. The van der Waals surface area contributed by atoms with Crippen molar-refractivity contribution in [2.75, 3.05) is 26.2 Å². The molecule has 1 amide bonds. The van der Waals surface area contributed by atoms with Crippen LogP contribution in [0.4, 0.5) is 0 Å². The summed E-state index contributed by atoms with van der Waals surface area (Å²) in [6, 6.07) is 26.2. The summed E-state index contributed by atoms with van der Waals surface area (Å²) in [6.07, 6.45) is 2.59. The number of rotatable bonds is 5. The van der Waals surface area contributed by atoms with E-state index in [9.17, 15) is 10.1 Å². The van der Waals surface area contributed by atoms with Gasteiger partial charge in [-0.2, -0.15) is 5.26 Å². The maximum atomic E-state index is 11.3. The predicted octanol–water partition coefficient (Wildman–Crippen LogP) is 4.11. The first-order valence-corrected chi connectivity index (χ1v) is 11.7. The third kappa shape index (κ3) is 6.50. The lowest BCUT2D eigenvalue weighted by Gasteiger charge is -2.36. The third-order valence-corrected chi connectivity index (χ3v) is 6.12. The number of benzene rings is 2. The van der Waals surface area contributed by atoms with E-state index in [1.807, 2.05) is 60.4 Å². The Morgan fingerprint density at radius 3 is 2.00 bits per heavy atom. The van der Waals surface area contributed by atoms with Crippen molar-refractivity contribution in [3.8, 4) is 6.07 Å². The van der Waals surface area contributed by atoms with Crippen LogP contribution >= 0.6 is 0 Å². The first-order valence-electron chi connectivity index (χ1n) is 11.7. The van der Waals surface area contributed by atoms with Crippen molar-refractivity contribution >= 4 is 5.91 Å². The zero-order valence-electron chi connectivity index (χ0n) is 20.0. The van der Waals surface area contributed by atoms with Gasteiger partial charge in [0.25, 0.3) is 0 Å². The molecule has 1 atom stereocenters. The fourth-order valence-electron chi connectivity index (χ4n) is 4.15. The molecule has 1 aromatic heterocycles. The van der Waals surface area contributed by atoms with Gasteiger partial charge in [-0.1, -0.05) is 73.7 Å². The molecule has 1 saturated heterocycles. The molecule has 6 nitrogen and oxygen atoms in total. The summed E-state index contributed by atoms with van der Waals surface area (Å²) in [4.78, 5) is 19.7. The van der Waals surface area contributed by atoms with Crippen molar-refractivity contribution in [3.63, 3.8) is 0 Å². The molecule has 2 aromatic carbocycles. The zero-order valence-corrected chi connectivity index (χ0v) is 20.0. The molecule has 0 aliphatic carbocycles. The lowest BCUT2D eigenvalue weighted by Crippen LogP contribution is -2.49. The Labute approximate surface area is 202 Å². The second kappa shape index (κ2) is 12.6. The van der Waals surface area contributed by atoms with Gasteiger partial charge in [0.15, 0.2) is 0 Å². The monoisotopic (exact) mass is 455 g/mol. The van der Waals surface area contributed by atoms with E-state index in [4.69, 9.17) is 5.73 Å². The number of aryl methyl sites for hydroxylation is 1. The summed E-state index contributed by atoms with van der Waals surface area (Å²) in [7, 11) is 0. The average Bonchev–Trinajstić information content (AvgIpc) is 2.90. The number of carbonyl (C=O) groups is 1. The number of piperazine rings is 1. The van der Waals surface area contributed by atoms with E-state index in [2.05, 4.69) is 40.2 Å². The lowest BCUT2D eigenvalue weighted by atomic mass is 10.00. The Hall–Kier alpha value is -3.53. The van der Waals surface area contributed by atoms with E-state index in [-0.39, 0.29) is 18.0 Å². The van der Waals surface area contributed by atoms with Gasteiger partial charge in [0.1, 0.15) is 6.04 Å². The van der Waals surface area contributed by atoms with Crippen LogP contribution in [-0.4, -0.2) is 46.9 Å². The largest absolute Gasteiger partial charge is 0.340 e. The Balaban J connectivity index is 0.000000202. The molecule has 4 rings (SSSR count). The van der Waals surface area contributed by atoms with Crippen LogP contribution in [0.25, 0.3) is 0 Å². The lowest BCUT2D eigenvalue weighted by molar-refractivity contribution is -0.130. The quantitative estimate of drug-likeness (QED) is 0.626. The number of aromatic nitrogens is 1. The van der Waals surface area contributed by atoms with E-state index in [1.165, 1.54) is 0 Å². The minimum absolute atomic E-state index is 0.0163. The maximum absolute atomic E-state index is 11.3. The molecule has 3 aromatic rings. The van der Waals surface area contributed by atoms with Gasteiger partial charge in [0, 0.05) is 50.6 Å². The molecule has 34 heavy (non-hydrogen) atoms. The number of pyridine rings is 1. The highest BCUT2D eigenvalue weighted by atomic mass is 16.2. The fraction of sp³-hybridized carbons (Fsp3) is 0.321. The van der Waals surface area contributed by atoms with Crippen LogP contribution in [0.3, 0.4) is 0 Å². The van der Waals surface area contributed by atoms with Crippen molar-refractivity contribution in [2.45, 2.75) is 32.4 Å². The van der Waals surface area contributed by atoms with E-state index in [0.717, 1.165) is 41.9 Å². The van der Waals surface area contributed by atoms with Crippen molar-refractivity contribution < 1.29 is 4.79 Å². The third-order valence-electron chi connectivity index (χ3n) is 6.12. The van der Waals surface area contributed by atoms with Gasteiger partial charge in [-0.25, -0.2) is 0 Å². The van der Waals surface area contributed by atoms with Crippen LogP contribution in [-0.2, 0) is 11.2 Å². The number of hydrogen-bond acceptors (Lipinski definition) is 5. The first kappa shape index (κ1) is 25.1. The van der Waals surface area contributed by atoms with E-state index in [1.54, 1.807) is 13.1 Å². The molecule has 0 saturated carbocycles. The molecule has 176 valence electrons. The van der Waals surface area contributed by atoms with Crippen LogP contribution < -0.4 is 5.73 Å². The molecular formula is C28H33N5O. The molecule has 2 heterocycles. The van der Waals surface area contributed by atoms with Crippen molar-refractivity contribution in [1.82, 2.24) is 14.8 Å². The van der Waals surface area contributed by atoms with Gasteiger partial charge in [-0.15, -0.1) is 0 Å². The predicted molar refractivity (Wildman–Crippen MR) is 135 cm³/mol. The number of carbonyl (C=O) groups excluding carboxylic acids is 1. The Morgan fingerprint density at radius 1 is 0.971 bits per heavy atom. The summed E-state index contributed by atoms with van der Waals surface area (Å²) in [6.45, 7) is 6.48. The molecular weight excluding hydrogens is 422 g/mol. The highest BCUT2D eigenvalue weighted by molar-refractivity contribution is 5.73. The highest BCUT2D eigenvalue weighted by Crippen LogP contribution is 2.24. The molecule has 0 spiro atoms. The summed E-state index contributed by atoms with van der Waals surface area (Å²) in [5.41, 5.74) is 10.4. The molecule has 1 unspecified atom stereocenters. The Morgan fingerprint density at radius 2 is 1.53 bits per heavy atom. The van der Waals surface area contributed by atoms with Gasteiger partial charge in [0.2, 0.25) is 5.91 Å². The fourth-order valence-corrected chi connectivity index (χ4v) is 4.15. The van der Waals surface area contributed by atoms with E-state index >= 15 is 0 Å². The van der Waals surface area contributed by atoms with Crippen LogP contribution in [0.2, 0.25) is 0 Å². The number of hydrogen-bond donors (Lipinski definition) is 1. The number of nitrogens with zero attached hydrogens (tertiary/aromatic N) is 4. The van der Waals surface area contributed by atoms with Gasteiger partial charge >= 0.3 is 0 Å². The van der Waals surface area contributed by atoms with Crippen LogP contribution in [0.15, 0.2) is 79.0 Å². The summed E-state index contributed by atoms with van der Waals surface area (Å²) < 4.78 is 0. The van der Waals surface area contributed by atoms with Gasteiger partial charge in [-0.3, -0.25) is 14.7 Å². The number of nitriles is 1. The van der Waals surface area contributed by atoms with Crippen molar-refractivity contribution in [1.29, 1.82) is 5.26 Å². The van der Waals surface area contributed by atoms with Gasteiger partial charge < -0.3 is 10.6 Å². The first-order chi connectivity index (χ1) is 16.5. The summed E-state index contributed by atoms with van der Waals surface area (Å²) >= 11 is 0. The molecule has 0 bridgehead atoms. The molecule has 0 radical (unpaired) electrons. The molecule has 1 fully saturated rings. The molecule has 6 heteroatoms. The smallest absolute Gasteiger partial charge is 0.219 e. The van der Waals surface area contributed by atoms with Crippen molar-refractivity contribution in [3.05, 3.63) is 101 Å². The number of amides is 1. The summed E-state index contributed by atoms with van der Waals surface area (Å²) in [5.74, 6) is 0.105.